The predicted octanol–water partition coefficient (Wildman–Crippen LogP) is 3.53. The van der Waals surface area contributed by atoms with Gasteiger partial charge in [-0.3, -0.25) is 0 Å². The Hall–Kier alpha value is -0.860. The summed E-state index contributed by atoms with van der Waals surface area (Å²) in [7, 11) is 2.28. The minimum Gasteiger partial charge on any atom is -0.308 e. The molecule has 1 aromatic rings. The molecule has 1 N–H and O–H groups in total. The zero-order valence-electron chi connectivity index (χ0n) is 12.8. The van der Waals surface area contributed by atoms with E-state index in [2.05, 4.69) is 41.5 Å². The molecule has 2 nitrogen and oxygen atoms in total. The van der Waals surface area contributed by atoms with Crippen molar-refractivity contribution < 1.29 is 0 Å². The van der Waals surface area contributed by atoms with Crippen LogP contribution in [0.4, 0.5) is 0 Å². The second-order valence-electron chi connectivity index (χ2n) is 6.54. The molecule has 0 spiro atoms. The first-order valence-corrected chi connectivity index (χ1v) is 8.36. The number of hydrogen-bond donors (Lipinski definition) is 1. The van der Waals surface area contributed by atoms with E-state index in [9.17, 15) is 0 Å². The first-order valence-electron chi connectivity index (χ1n) is 8.36. The highest BCUT2D eigenvalue weighted by molar-refractivity contribution is 5.31. The monoisotopic (exact) mass is 272 g/mol. The van der Waals surface area contributed by atoms with Gasteiger partial charge in [-0.15, -0.1) is 0 Å². The highest BCUT2D eigenvalue weighted by atomic mass is 15.2. The third kappa shape index (κ3) is 3.24. The van der Waals surface area contributed by atoms with Crippen molar-refractivity contribution in [1.82, 2.24) is 10.2 Å². The molecule has 2 heteroatoms. The largest absolute Gasteiger partial charge is 0.308 e. The van der Waals surface area contributed by atoms with Crippen molar-refractivity contribution in [1.29, 1.82) is 0 Å². The summed E-state index contributed by atoms with van der Waals surface area (Å²) in [4.78, 5) is 2.54. The Morgan fingerprint density at radius 1 is 1.10 bits per heavy atom. The van der Waals surface area contributed by atoms with Gasteiger partial charge in [-0.2, -0.15) is 0 Å². The lowest BCUT2D eigenvalue weighted by atomic mass is 9.98. The average molecular weight is 272 g/mol. The van der Waals surface area contributed by atoms with Gasteiger partial charge in [0.25, 0.3) is 0 Å². The van der Waals surface area contributed by atoms with Crippen molar-refractivity contribution in [2.24, 2.45) is 0 Å². The Labute approximate surface area is 123 Å². The lowest BCUT2D eigenvalue weighted by Crippen LogP contribution is -2.43. The smallest absolute Gasteiger partial charge is 0.0323 e. The molecule has 0 radical (unpaired) electrons. The molecule has 0 amide bonds. The molecule has 2 aliphatic rings. The normalized spacial score (nSPS) is 27.9. The third-order valence-corrected chi connectivity index (χ3v) is 5.14. The van der Waals surface area contributed by atoms with E-state index in [1.54, 1.807) is 11.1 Å². The molecule has 1 aliphatic carbocycles. The fourth-order valence-corrected chi connectivity index (χ4v) is 3.81. The Morgan fingerprint density at radius 3 is 2.85 bits per heavy atom. The van der Waals surface area contributed by atoms with E-state index in [1.165, 1.54) is 51.5 Å². The Morgan fingerprint density at radius 2 is 1.95 bits per heavy atom. The summed E-state index contributed by atoms with van der Waals surface area (Å²) in [5.41, 5.74) is 3.13. The van der Waals surface area contributed by atoms with Gasteiger partial charge in [-0.05, 0) is 56.8 Å². The summed E-state index contributed by atoms with van der Waals surface area (Å²) in [6.07, 6.45) is 9.39. The molecule has 1 fully saturated rings. The van der Waals surface area contributed by atoms with Gasteiger partial charge in [0.1, 0.15) is 0 Å². The molecule has 110 valence electrons. The van der Waals surface area contributed by atoms with E-state index >= 15 is 0 Å². The van der Waals surface area contributed by atoms with Crippen LogP contribution in [0, 0.1) is 0 Å². The highest BCUT2D eigenvalue weighted by Gasteiger charge is 2.22. The number of rotatable bonds is 3. The highest BCUT2D eigenvalue weighted by Crippen LogP contribution is 2.28. The second-order valence-corrected chi connectivity index (χ2v) is 6.54. The molecule has 2 atom stereocenters. The molecular weight excluding hydrogens is 244 g/mol. The van der Waals surface area contributed by atoms with Crippen molar-refractivity contribution in [3.8, 4) is 0 Å². The van der Waals surface area contributed by atoms with Crippen LogP contribution in [-0.2, 0) is 6.42 Å². The molecule has 0 saturated carbocycles. The average Bonchev–Trinajstić information content (AvgIpc) is 2.69. The number of aryl methyl sites for hydroxylation is 1. The maximum absolute atomic E-state index is 3.88. The molecule has 0 aromatic heterocycles. The van der Waals surface area contributed by atoms with Crippen LogP contribution in [-0.4, -0.2) is 31.1 Å². The first-order chi connectivity index (χ1) is 9.84. The lowest BCUT2D eigenvalue weighted by Gasteiger charge is -2.34. The van der Waals surface area contributed by atoms with Crippen molar-refractivity contribution in [2.75, 3.05) is 20.1 Å². The summed E-state index contributed by atoms with van der Waals surface area (Å²) in [6.45, 7) is 2.42. The Balaban J connectivity index is 1.64. The van der Waals surface area contributed by atoms with Crippen LogP contribution in [0.5, 0.6) is 0 Å². The van der Waals surface area contributed by atoms with Crippen LogP contribution < -0.4 is 5.32 Å². The Bertz CT molecular complexity index is 429. The van der Waals surface area contributed by atoms with Crippen molar-refractivity contribution in [3.05, 3.63) is 35.4 Å². The number of fused-ring (bicyclic) bond motifs is 1. The van der Waals surface area contributed by atoms with Gasteiger partial charge in [0.2, 0.25) is 0 Å². The molecule has 1 aromatic carbocycles. The zero-order chi connectivity index (χ0) is 13.8. The van der Waals surface area contributed by atoms with Gasteiger partial charge in [0, 0.05) is 18.6 Å². The SMILES string of the molecule is CN1CCCCC1CNC1CCCCc2ccccc21. The number of benzene rings is 1. The molecular formula is C18H28N2. The Kier molecular flexibility index (Phi) is 4.74. The number of piperidine rings is 1. The summed E-state index contributed by atoms with van der Waals surface area (Å²) in [5, 5.41) is 3.88. The van der Waals surface area contributed by atoms with E-state index < -0.39 is 0 Å². The van der Waals surface area contributed by atoms with E-state index in [4.69, 9.17) is 0 Å². The molecule has 1 heterocycles. The van der Waals surface area contributed by atoms with Gasteiger partial charge >= 0.3 is 0 Å². The summed E-state index contributed by atoms with van der Waals surface area (Å²) in [6, 6.07) is 10.4. The summed E-state index contributed by atoms with van der Waals surface area (Å²) >= 11 is 0. The first kappa shape index (κ1) is 14.1. The molecule has 3 rings (SSSR count). The van der Waals surface area contributed by atoms with Crippen LogP contribution in [0.2, 0.25) is 0 Å². The van der Waals surface area contributed by atoms with Gasteiger partial charge in [0.05, 0.1) is 0 Å². The molecule has 0 bridgehead atoms. The van der Waals surface area contributed by atoms with Crippen LogP contribution in [0.1, 0.15) is 55.7 Å². The maximum Gasteiger partial charge on any atom is 0.0323 e. The summed E-state index contributed by atoms with van der Waals surface area (Å²) < 4.78 is 0. The number of hydrogen-bond acceptors (Lipinski definition) is 2. The number of likely N-dealkylation sites (tertiary alicyclic amines) is 1. The van der Waals surface area contributed by atoms with E-state index in [0.29, 0.717) is 6.04 Å². The van der Waals surface area contributed by atoms with Gasteiger partial charge in [0.15, 0.2) is 0 Å². The van der Waals surface area contributed by atoms with Crippen LogP contribution in [0.25, 0.3) is 0 Å². The number of nitrogens with zero attached hydrogens (tertiary/aromatic N) is 1. The van der Waals surface area contributed by atoms with Crippen molar-refractivity contribution >= 4 is 0 Å². The fraction of sp³-hybridized carbons (Fsp3) is 0.667. The van der Waals surface area contributed by atoms with Crippen LogP contribution in [0.15, 0.2) is 24.3 Å². The quantitative estimate of drug-likeness (QED) is 0.847. The summed E-state index contributed by atoms with van der Waals surface area (Å²) in [5.74, 6) is 0. The van der Waals surface area contributed by atoms with Gasteiger partial charge in [-0.1, -0.05) is 37.1 Å². The standard InChI is InChI=1S/C18H28N2/c1-20-13-7-6-10-16(20)14-19-18-12-5-3-9-15-8-2-4-11-17(15)18/h2,4,8,11,16,18-19H,3,5-7,9-10,12-14H2,1H3. The van der Waals surface area contributed by atoms with E-state index in [0.717, 1.165) is 12.6 Å². The maximum atomic E-state index is 3.88. The predicted molar refractivity (Wildman–Crippen MR) is 85.0 cm³/mol. The fourth-order valence-electron chi connectivity index (χ4n) is 3.81. The minimum absolute atomic E-state index is 0.573. The lowest BCUT2D eigenvalue weighted by molar-refractivity contribution is 0.177. The third-order valence-electron chi connectivity index (χ3n) is 5.14. The van der Waals surface area contributed by atoms with Gasteiger partial charge in [-0.25, -0.2) is 0 Å². The molecule has 1 saturated heterocycles. The topological polar surface area (TPSA) is 15.3 Å². The number of nitrogens with one attached hydrogen (secondary N) is 1. The minimum atomic E-state index is 0.573. The van der Waals surface area contributed by atoms with Crippen LogP contribution >= 0.6 is 0 Å². The second kappa shape index (κ2) is 6.73. The van der Waals surface area contributed by atoms with Crippen LogP contribution in [0.3, 0.4) is 0 Å². The van der Waals surface area contributed by atoms with Crippen molar-refractivity contribution in [3.63, 3.8) is 0 Å². The van der Waals surface area contributed by atoms with Crippen molar-refractivity contribution in [2.45, 2.75) is 57.0 Å². The molecule has 2 unspecified atom stereocenters. The zero-order valence-corrected chi connectivity index (χ0v) is 12.8. The van der Waals surface area contributed by atoms with E-state index in [-0.39, 0.29) is 0 Å². The molecule has 1 aliphatic heterocycles. The van der Waals surface area contributed by atoms with E-state index in [1.807, 2.05) is 0 Å². The molecule has 20 heavy (non-hydrogen) atoms. The number of likely N-dealkylation sites (N-methyl/N-ethyl adjacent to an activating group) is 1. The van der Waals surface area contributed by atoms with Gasteiger partial charge < -0.3 is 10.2 Å².